The molecule has 1 amide bonds. The SMILES string of the molecule is COCCCOc1cc(N(C(=O)[C@H]2CN(C(O)OC(C)(C)C)CC[C@@H]2c2cccc(-c3ccccc3)c2)C2CC2)ccc1Cl. The third-order valence-electron chi connectivity index (χ3n) is 8.25. The normalized spacial score (nSPS) is 19.9. The van der Waals surface area contributed by atoms with Crippen molar-refractivity contribution in [3.05, 3.63) is 83.4 Å². The number of benzene rings is 3. The molecule has 1 saturated carbocycles. The largest absolute Gasteiger partial charge is 0.492 e. The standard InChI is InChI=1S/C36H45ClN2O5/c1-36(2,3)44-35(41)38-19-18-30(27-13-8-12-26(22-27)25-10-6-5-7-11-25)31(24-38)34(40)39(28-14-15-28)29-16-17-32(37)33(23-29)43-21-9-20-42-4/h5-8,10-13,16-17,22-23,28,30-31,35,41H,9,14-15,18-21,24H2,1-4H3/t30-,31+,35?/m1/s1. The van der Waals surface area contributed by atoms with Crippen LogP contribution in [0.15, 0.2) is 72.8 Å². The van der Waals surface area contributed by atoms with Crippen LogP contribution >= 0.6 is 11.6 Å². The average molecular weight is 621 g/mol. The zero-order valence-electron chi connectivity index (χ0n) is 26.2. The Morgan fingerprint density at radius 1 is 1.00 bits per heavy atom. The number of hydrogen-bond donors (Lipinski definition) is 1. The fraction of sp³-hybridized carbons (Fsp3) is 0.472. The van der Waals surface area contributed by atoms with E-state index in [9.17, 15) is 9.90 Å². The fourth-order valence-electron chi connectivity index (χ4n) is 5.96. The fourth-order valence-corrected chi connectivity index (χ4v) is 6.14. The second kappa shape index (κ2) is 14.4. The van der Waals surface area contributed by atoms with Gasteiger partial charge in [0, 0.05) is 51.0 Å². The molecular formula is C36H45ClN2O5. The van der Waals surface area contributed by atoms with Crippen molar-refractivity contribution in [2.24, 2.45) is 5.92 Å². The second-order valence-electron chi connectivity index (χ2n) is 12.8. The summed E-state index contributed by atoms with van der Waals surface area (Å²) in [5.41, 5.74) is 3.65. The molecule has 2 aliphatic rings. The lowest BCUT2D eigenvalue weighted by Crippen LogP contribution is -2.53. The van der Waals surface area contributed by atoms with Gasteiger partial charge in [-0.05, 0) is 74.8 Å². The number of hydrogen-bond acceptors (Lipinski definition) is 6. The molecule has 1 unspecified atom stereocenters. The van der Waals surface area contributed by atoms with Gasteiger partial charge < -0.3 is 24.2 Å². The van der Waals surface area contributed by atoms with E-state index >= 15 is 0 Å². The second-order valence-corrected chi connectivity index (χ2v) is 13.2. The highest BCUT2D eigenvalue weighted by molar-refractivity contribution is 6.32. The van der Waals surface area contributed by atoms with E-state index in [1.807, 2.05) is 60.9 Å². The van der Waals surface area contributed by atoms with Gasteiger partial charge in [-0.2, -0.15) is 0 Å². The molecule has 7 nitrogen and oxygen atoms in total. The first kappa shape index (κ1) is 32.5. The number of halogens is 1. The first-order valence-electron chi connectivity index (χ1n) is 15.6. The highest BCUT2D eigenvalue weighted by Gasteiger charge is 2.44. The molecule has 0 radical (unpaired) electrons. The number of ether oxygens (including phenoxy) is 3. The number of methoxy groups -OCH3 is 1. The Hall–Kier alpha value is -2.94. The molecule has 1 aliphatic heterocycles. The number of anilines is 1. The van der Waals surface area contributed by atoms with E-state index in [1.54, 1.807) is 13.2 Å². The predicted octanol–water partition coefficient (Wildman–Crippen LogP) is 7.11. The summed E-state index contributed by atoms with van der Waals surface area (Å²) in [6, 6.07) is 24.6. The zero-order valence-corrected chi connectivity index (χ0v) is 27.0. The Morgan fingerprint density at radius 3 is 2.45 bits per heavy atom. The van der Waals surface area contributed by atoms with Crippen LogP contribution in [0.4, 0.5) is 5.69 Å². The molecule has 1 aliphatic carbocycles. The number of carbonyl (C=O) groups is 1. The van der Waals surface area contributed by atoms with Gasteiger partial charge in [-0.15, -0.1) is 0 Å². The van der Waals surface area contributed by atoms with E-state index < -0.39 is 17.9 Å². The molecule has 0 aromatic heterocycles. The maximum atomic E-state index is 14.8. The van der Waals surface area contributed by atoms with Gasteiger partial charge >= 0.3 is 0 Å². The Balaban J connectivity index is 1.46. The predicted molar refractivity (Wildman–Crippen MR) is 175 cm³/mol. The van der Waals surface area contributed by atoms with Crippen molar-refractivity contribution >= 4 is 23.2 Å². The van der Waals surface area contributed by atoms with Crippen LogP contribution < -0.4 is 9.64 Å². The number of rotatable bonds is 12. The highest BCUT2D eigenvalue weighted by atomic mass is 35.5. The summed E-state index contributed by atoms with van der Waals surface area (Å²) in [5.74, 6) is 0.186. The van der Waals surface area contributed by atoms with Crippen molar-refractivity contribution in [2.45, 2.75) is 70.4 Å². The number of piperidine rings is 1. The van der Waals surface area contributed by atoms with Crippen molar-refractivity contribution in [1.29, 1.82) is 0 Å². The topological polar surface area (TPSA) is 71.5 Å². The minimum Gasteiger partial charge on any atom is -0.492 e. The number of nitrogens with zero attached hydrogens (tertiary/aromatic N) is 2. The summed E-state index contributed by atoms with van der Waals surface area (Å²) < 4.78 is 17.1. The van der Waals surface area contributed by atoms with Gasteiger partial charge in [0.15, 0.2) is 0 Å². The maximum absolute atomic E-state index is 14.8. The summed E-state index contributed by atoms with van der Waals surface area (Å²) in [6.07, 6.45) is 2.24. The average Bonchev–Trinajstić information content (AvgIpc) is 3.85. The number of carbonyl (C=O) groups excluding carboxylic acids is 1. The van der Waals surface area contributed by atoms with E-state index in [0.29, 0.717) is 43.5 Å². The summed E-state index contributed by atoms with van der Waals surface area (Å²) in [6.45, 7) is 7.83. The van der Waals surface area contributed by atoms with E-state index in [4.69, 9.17) is 25.8 Å². The Kier molecular flexibility index (Phi) is 10.7. The maximum Gasteiger partial charge on any atom is 0.232 e. The monoisotopic (exact) mass is 620 g/mol. The molecule has 0 spiro atoms. The van der Waals surface area contributed by atoms with Crippen LogP contribution in [0.25, 0.3) is 11.1 Å². The molecule has 236 valence electrons. The molecule has 1 N–H and O–H groups in total. The van der Waals surface area contributed by atoms with Crippen LogP contribution in [-0.2, 0) is 14.3 Å². The van der Waals surface area contributed by atoms with Crippen molar-refractivity contribution in [3.63, 3.8) is 0 Å². The number of likely N-dealkylation sites (tertiary alicyclic amines) is 1. The molecule has 5 rings (SSSR count). The van der Waals surface area contributed by atoms with Crippen LogP contribution in [0.3, 0.4) is 0 Å². The number of aliphatic hydroxyl groups is 1. The molecule has 3 atom stereocenters. The molecule has 1 heterocycles. The van der Waals surface area contributed by atoms with Crippen LogP contribution in [0.2, 0.25) is 5.02 Å². The first-order valence-corrected chi connectivity index (χ1v) is 16.0. The van der Waals surface area contributed by atoms with Gasteiger partial charge in [0.2, 0.25) is 12.3 Å². The summed E-state index contributed by atoms with van der Waals surface area (Å²) in [4.78, 5) is 18.6. The van der Waals surface area contributed by atoms with E-state index in [0.717, 1.165) is 41.6 Å². The summed E-state index contributed by atoms with van der Waals surface area (Å²) in [7, 11) is 1.67. The molecule has 0 bridgehead atoms. The summed E-state index contributed by atoms with van der Waals surface area (Å²) in [5, 5.41) is 11.6. The quantitative estimate of drug-likeness (QED) is 0.172. The van der Waals surface area contributed by atoms with Crippen molar-refractivity contribution in [2.75, 3.05) is 38.3 Å². The summed E-state index contributed by atoms with van der Waals surface area (Å²) >= 11 is 6.50. The highest BCUT2D eigenvalue weighted by Crippen LogP contribution is 2.42. The minimum absolute atomic E-state index is 0.0254. The van der Waals surface area contributed by atoms with Gasteiger partial charge in [0.05, 0.1) is 23.1 Å². The Bertz CT molecular complexity index is 1390. The zero-order chi connectivity index (χ0) is 31.3. The third-order valence-corrected chi connectivity index (χ3v) is 8.56. The van der Waals surface area contributed by atoms with E-state index in [1.165, 1.54) is 0 Å². The van der Waals surface area contributed by atoms with E-state index in [-0.39, 0.29) is 17.9 Å². The van der Waals surface area contributed by atoms with Crippen molar-refractivity contribution in [3.8, 4) is 16.9 Å². The molecule has 3 aromatic rings. The van der Waals surface area contributed by atoms with Crippen LogP contribution in [0, 0.1) is 5.92 Å². The van der Waals surface area contributed by atoms with Crippen LogP contribution in [0.5, 0.6) is 5.75 Å². The molecule has 1 saturated heterocycles. The minimum atomic E-state index is -1.10. The molecule has 44 heavy (non-hydrogen) atoms. The van der Waals surface area contributed by atoms with Gasteiger partial charge in [-0.3, -0.25) is 9.69 Å². The Morgan fingerprint density at radius 2 is 1.75 bits per heavy atom. The van der Waals surface area contributed by atoms with Crippen molar-refractivity contribution < 1.29 is 24.1 Å². The molecule has 2 fully saturated rings. The third kappa shape index (κ3) is 8.20. The number of aliphatic hydroxyl groups excluding tert-OH is 1. The van der Waals surface area contributed by atoms with Crippen molar-refractivity contribution in [1.82, 2.24) is 4.90 Å². The smallest absolute Gasteiger partial charge is 0.232 e. The van der Waals surface area contributed by atoms with Gasteiger partial charge in [0.25, 0.3) is 0 Å². The van der Waals surface area contributed by atoms with Crippen LogP contribution in [-0.4, -0.2) is 67.4 Å². The lowest BCUT2D eigenvalue weighted by molar-refractivity contribution is -0.245. The van der Waals surface area contributed by atoms with Gasteiger partial charge in [-0.25, -0.2) is 0 Å². The molecular weight excluding hydrogens is 576 g/mol. The molecule has 8 heteroatoms. The lowest BCUT2D eigenvalue weighted by atomic mass is 9.78. The first-order chi connectivity index (χ1) is 21.1. The lowest BCUT2D eigenvalue weighted by Gasteiger charge is -2.42. The van der Waals surface area contributed by atoms with Gasteiger partial charge in [-0.1, -0.05) is 66.2 Å². The Labute approximate surface area is 266 Å². The van der Waals surface area contributed by atoms with E-state index in [2.05, 4.69) is 36.4 Å². The molecule has 3 aromatic carbocycles. The number of amides is 1. The van der Waals surface area contributed by atoms with Crippen LogP contribution in [0.1, 0.15) is 57.9 Å². The van der Waals surface area contributed by atoms with Gasteiger partial charge in [0.1, 0.15) is 5.75 Å².